The highest BCUT2D eigenvalue weighted by molar-refractivity contribution is 6.34. The predicted molar refractivity (Wildman–Crippen MR) is 89.6 cm³/mol. The van der Waals surface area contributed by atoms with Crippen molar-refractivity contribution in [1.29, 1.82) is 0 Å². The molecular formula is C16H13Cl2N5O. The van der Waals surface area contributed by atoms with Crippen LogP contribution in [0.2, 0.25) is 10.3 Å². The van der Waals surface area contributed by atoms with Crippen LogP contribution in [0.3, 0.4) is 0 Å². The summed E-state index contributed by atoms with van der Waals surface area (Å²) in [5, 5.41) is 0.777. The molecule has 0 radical (unpaired) electrons. The Morgan fingerprint density at radius 1 is 1.17 bits per heavy atom. The molecule has 1 aliphatic heterocycles. The molecule has 0 saturated heterocycles. The van der Waals surface area contributed by atoms with Crippen molar-refractivity contribution < 1.29 is 4.42 Å². The Hall–Kier alpha value is -2.02. The first-order valence-corrected chi connectivity index (χ1v) is 8.22. The zero-order valence-electron chi connectivity index (χ0n) is 12.6. The van der Waals surface area contributed by atoms with E-state index in [0.29, 0.717) is 35.0 Å². The average molecular weight is 362 g/mol. The molecular weight excluding hydrogens is 349 g/mol. The monoisotopic (exact) mass is 361 g/mol. The van der Waals surface area contributed by atoms with E-state index in [2.05, 4.69) is 24.8 Å². The minimum absolute atomic E-state index is 0.389. The third kappa shape index (κ3) is 3.00. The molecule has 1 aliphatic rings. The van der Waals surface area contributed by atoms with Crippen LogP contribution in [0.1, 0.15) is 16.8 Å². The molecule has 122 valence electrons. The molecule has 0 N–H and O–H groups in total. The standard InChI is InChI=1S/C16H13Cl2N5O/c17-14-11(15(18)21-9-20-14)7-23-4-3-10-6-19-16(22-12(10)8-23)13-2-1-5-24-13/h1-2,5-6,9H,3-4,7-8H2. The van der Waals surface area contributed by atoms with E-state index in [1.807, 2.05) is 18.3 Å². The van der Waals surface area contributed by atoms with Crippen molar-refractivity contribution in [3.8, 4) is 11.6 Å². The highest BCUT2D eigenvalue weighted by atomic mass is 35.5. The fraction of sp³-hybridized carbons (Fsp3) is 0.250. The molecule has 0 amide bonds. The molecule has 4 heterocycles. The minimum atomic E-state index is 0.389. The van der Waals surface area contributed by atoms with Crippen LogP contribution >= 0.6 is 23.2 Å². The quantitative estimate of drug-likeness (QED) is 0.666. The summed E-state index contributed by atoms with van der Waals surface area (Å²) in [6, 6.07) is 3.67. The summed E-state index contributed by atoms with van der Waals surface area (Å²) in [5.41, 5.74) is 2.89. The van der Waals surface area contributed by atoms with Gasteiger partial charge in [0.25, 0.3) is 0 Å². The summed E-state index contributed by atoms with van der Waals surface area (Å²) in [6.45, 7) is 2.14. The van der Waals surface area contributed by atoms with Crippen LogP contribution in [0.25, 0.3) is 11.6 Å². The van der Waals surface area contributed by atoms with Gasteiger partial charge >= 0.3 is 0 Å². The third-order valence-electron chi connectivity index (χ3n) is 3.99. The maximum Gasteiger partial charge on any atom is 0.195 e. The Morgan fingerprint density at radius 3 is 2.75 bits per heavy atom. The smallest absolute Gasteiger partial charge is 0.195 e. The highest BCUT2D eigenvalue weighted by Gasteiger charge is 2.21. The lowest BCUT2D eigenvalue weighted by molar-refractivity contribution is 0.240. The molecule has 8 heteroatoms. The van der Waals surface area contributed by atoms with Gasteiger partial charge in [-0.15, -0.1) is 0 Å². The van der Waals surface area contributed by atoms with Crippen molar-refractivity contribution in [2.45, 2.75) is 19.5 Å². The van der Waals surface area contributed by atoms with Crippen molar-refractivity contribution in [2.75, 3.05) is 6.54 Å². The highest BCUT2D eigenvalue weighted by Crippen LogP contribution is 2.26. The number of hydrogen-bond acceptors (Lipinski definition) is 6. The molecule has 0 atom stereocenters. The normalized spacial score (nSPS) is 14.6. The van der Waals surface area contributed by atoms with Crippen LogP contribution in [0, 0.1) is 0 Å². The van der Waals surface area contributed by atoms with Crippen LogP contribution in [0.4, 0.5) is 0 Å². The lowest BCUT2D eigenvalue weighted by atomic mass is 10.1. The summed E-state index contributed by atoms with van der Waals surface area (Å²) < 4.78 is 5.37. The van der Waals surface area contributed by atoms with Gasteiger partial charge in [-0.25, -0.2) is 19.9 Å². The molecule has 0 aromatic carbocycles. The number of furan rings is 1. The Labute approximate surface area is 148 Å². The first kappa shape index (κ1) is 15.5. The molecule has 0 saturated carbocycles. The average Bonchev–Trinajstić information content (AvgIpc) is 3.12. The fourth-order valence-corrected chi connectivity index (χ4v) is 3.18. The molecule has 3 aromatic rings. The van der Waals surface area contributed by atoms with Crippen LogP contribution in [-0.2, 0) is 19.5 Å². The number of hydrogen-bond donors (Lipinski definition) is 0. The van der Waals surface area contributed by atoms with Crippen molar-refractivity contribution >= 4 is 23.2 Å². The van der Waals surface area contributed by atoms with Gasteiger partial charge in [0.15, 0.2) is 11.6 Å². The molecule has 0 bridgehead atoms. The van der Waals surface area contributed by atoms with Gasteiger partial charge in [0, 0.05) is 31.4 Å². The van der Waals surface area contributed by atoms with Gasteiger partial charge in [-0.1, -0.05) is 23.2 Å². The van der Waals surface area contributed by atoms with Gasteiger partial charge in [-0.3, -0.25) is 4.90 Å². The Kier molecular flexibility index (Phi) is 4.18. The van der Waals surface area contributed by atoms with Crippen molar-refractivity contribution in [3.05, 3.63) is 58.0 Å². The Balaban J connectivity index is 1.58. The van der Waals surface area contributed by atoms with E-state index in [9.17, 15) is 0 Å². The van der Waals surface area contributed by atoms with Gasteiger partial charge in [0.1, 0.15) is 16.6 Å². The number of rotatable bonds is 3. The zero-order chi connectivity index (χ0) is 16.5. The molecule has 4 rings (SSSR count). The van der Waals surface area contributed by atoms with E-state index in [4.69, 9.17) is 27.6 Å². The first-order valence-electron chi connectivity index (χ1n) is 7.46. The van der Waals surface area contributed by atoms with E-state index in [-0.39, 0.29) is 0 Å². The van der Waals surface area contributed by atoms with Crippen LogP contribution in [0.5, 0.6) is 0 Å². The second-order valence-corrected chi connectivity index (χ2v) is 6.25. The Bertz CT molecular complexity index is 849. The molecule has 24 heavy (non-hydrogen) atoms. The van der Waals surface area contributed by atoms with Gasteiger partial charge in [0.05, 0.1) is 12.0 Å². The van der Waals surface area contributed by atoms with Crippen molar-refractivity contribution in [2.24, 2.45) is 0 Å². The van der Waals surface area contributed by atoms with Crippen LogP contribution < -0.4 is 0 Å². The molecule has 3 aromatic heterocycles. The summed E-state index contributed by atoms with van der Waals surface area (Å²) >= 11 is 12.3. The molecule has 6 nitrogen and oxygen atoms in total. The molecule has 0 unspecified atom stereocenters. The second-order valence-electron chi connectivity index (χ2n) is 5.54. The maximum absolute atomic E-state index is 6.14. The topological polar surface area (TPSA) is 67.9 Å². The summed E-state index contributed by atoms with van der Waals surface area (Å²) in [4.78, 5) is 19.3. The van der Waals surface area contributed by atoms with Gasteiger partial charge < -0.3 is 4.42 Å². The molecule has 0 aliphatic carbocycles. The largest absolute Gasteiger partial charge is 0.461 e. The molecule has 0 spiro atoms. The summed E-state index contributed by atoms with van der Waals surface area (Å²) in [6.07, 6.45) is 5.73. The van der Waals surface area contributed by atoms with Crippen molar-refractivity contribution in [1.82, 2.24) is 24.8 Å². The molecule has 0 fully saturated rings. The van der Waals surface area contributed by atoms with Gasteiger partial charge in [-0.05, 0) is 24.1 Å². The first-order chi connectivity index (χ1) is 11.7. The lowest BCUT2D eigenvalue weighted by Crippen LogP contribution is -2.31. The number of halogens is 2. The van der Waals surface area contributed by atoms with Crippen molar-refractivity contribution in [3.63, 3.8) is 0 Å². The van der Waals surface area contributed by atoms with Crippen LogP contribution in [-0.4, -0.2) is 31.4 Å². The predicted octanol–water partition coefficient (Wildman–Crippen LogP) is 3.39. The van der Waals surface area contributed by atoms with Crippen LogP contribution in [0.15, 0.2) is 35.3 Å². The maximum atomic E-state index is 6.14. The van der Waals surface area contributed by atoms with E-state index in [1.54, 1.807) is 6.26 Å². The second kappa shape index (κ2) is 6.47. The fourth-order valence-electron chi connectivity index (χ4n) is 2.74. The van der Waals surface area contributed by atoms with E-state index in [0.717, 1.165) is 29.8 Å². The van der Waals surface area contributed by atoms with E-state index in [1.165, 1.54) is 6.33 Å². The van der Waals surface area contributed by atoms with E-state index >= 15 is 0 Å². The summed E-state index contributed by atoms with van der Waals surface area (Å²) in [7, 11) is 0. The zero-order valence-corrected chi connectivity index (χ0v) is 14.1. The Morgan fingerprint density at radius 2 is 2.00 bits per heavy atom. The minimum Gasteiger partial charge on any atom is -0.461 e. The summed E-state index contributed by atoms with van der Waals surface area (Å²) in [5.74, 6) is 1.26. The van der Waals surface area contributed by atoms with Gasteiger partial charge in [0.2, 0.25) is 0 Å². The van der Waals surface area contributed by atoms with E-state index < -0.39 is 0 Å². The number of nitrogens with zero attached hydrogens (tertiary/aromatic N) is 5. The number of fused-ring (bicyclic) bond motifs is 1. The SMILES string of the molecule is Clc1ncnc(Cl)c1CN1CCc2cnc(-c3ccco3)nc2C1. The lowest BCUT2D eigenvalue weighted by Gasteiger charge is -2.28. The van der Waals surface area contributed by atoms with Gasteiger partial charge in [-0.2, -0.15) is 0 Å². The third-order valence-corrected chi connectivity index (χ3v) is 4.64. The number of aromatic nitrogens is 4.